The van der Waals surface area contributed by atoms with Crippen LogP contribution in [0.5, 0.6) is 0 Å². The van der Waals surface area contributed by atoms with Crippen LogP contribution in [0.25, 0.3) is 109 Å². The van der Waals surface area contributed by atoms with Crippen LogP contribution in [-0.4, -0.2) is 9.97 Å². The van der Waals surface area contributed by atoms with Gasteiger partial charge >= 0.3 is 0 Å². The third-order valence-electron chi connectivity index (χ3n) is 11.1. The van der Waals surface area contributed by atoms with E-state index in [0.717, 1.165) is 49.6 Å². The highest BCUT2D eigenvalue weighted by Crippen LogP contribution is 2.47. The SMILES string of the molecule is c1ccc(-c2cccc(-c3cccc(-c4nc(-c5cccc(-c6cccc(-c7ccccc7)c6)c5)c5c(n4)sc4c6ccccc6c6ccccc6c45)c3)c2)cc1. The van der Waals surface area contributed by atoms with Crippen LogP contribution in [0, 0.1) is 0 Å². The van der Waals surface area contributed by atoms with Gasteiger partial charge in [0, 0.05) is 32.0 Å². The molecule has 0 radical (unpaired) electrons. The second-order valence-electron chi connectivity index (χ2n) is 14.5. The molecule has 0 spiro atoms. The summed E-state index contributed by atoms with van der Waals surface area (Å²) in [5.74, 6) is 0.718. The molecule has 0 fully saturated rings. The summed E-state index contributed by atoms with van der Waals surface area (Å²) in [5.41, 5.74) is 12.4. The molecule has 57 heavy (non-hydrogen) atoms. The summed E-state index contributed by atoms with van der Waals surface area (Å²) in [6, 6.07) is 73.8. The summed E-state index contributed by atoms with van der Waals surface area (Å²) in [5, 5.41) is 7.28. The molecule has 2 nitrogen and oxygen atoms in total. The van der Waals surface area contributed by atoms with Crippen molar-refractivity contribution in [1.82, 2.24) is 9.97 Å². The van der Waals surface area contributed by atoms with E-state index in [1.54, 1.807) is 11.3 Å². The Balaban J connectivity index is 1.13. The first-order chi connectivity index (χ1) is 28.2. The predicted molar refractivity (Wildman–Crippen MR) is 243 cm³/mol. The van der Waals surface area contributed by atoms with Crippen LogP contribution in [0.2, 0.25) is 0 Å². The molecule has 0 N–H and O–H groups in total. The fourth-order valence-electron chi connectivity index (χ4n) is 8.34. The number of aromatic nitrogens is 2. The van der Waals surface area contributed by atoms with E-state index in [4.69, 9.17) is 9.97 Å². The van der Waals surface area contributed by atoms with E-state index in [9.17, 15) is 0 Å². The molecule has 0 aliphatic rings. The summed E-state index contributed by atoms with van der Waals surface area (Å²) in [6.45, 7) is 0. The van der Waals surface area contributed by atoms with Gasteiger partial charge in [-0.3, -0.25) is 0 Å². The molecule has 0 saturated carbocycles. The maximum absolute atomic E-state index is 5.55. The highest BCUT2D eigenvalue weighted by molar-refractivity contribution is 7.26. The standard InChI is InChI=1S/C54H34N2S/c1-3-15-35(16-4-1)37-19-11-21-39(31-37)41-23-13-25-43(33-41)51-50-49-47-29-9-7-27-45(47)46-28-8-10-30-48(46)52(49)57-54(50)56-53(55-51)44-26-14-24-42(34-44)40-22-12-20-38(32-40)36-17-5-2-6-18-36/h1-34H. The second-order valence-corrected chi connectivity index (χ2v) is 15.5. The fraction of sp³-hybridized carbons (Fsp3) is 0. The van der Waals surface area contributed by atoms with Gasteiger partial charge in [-0.2, -0.15) is 0 Å². The van der Waals surface area contributed by atoms with Crippen LogP contribution in [-0.2, 0) is 0 Å². The van der Waals surface area contributed by atoms with Crippen molar-refractivity contribution in [2.24, 2.45) is 0 Å². The monoisotopic (exact) mass is 742 g/mol. The van der Waals surface area contributed by atoms with Crippen LogP contribution in [0.4, 0.5) is 0 Å². The lowest BCUT2D eigenvalue weighted by atomic mass is 9.94. The van der Waals surface area contributed by atoms with Crippen LogP contribution in [0.1, 0.15) is 0 Å². The van der Waals surface area contributed by atoms with E-state index in [0.29, 0.717) is 0 Å². The van der Waals surface area contributed by atoms with Crippen LogP contribution >= 0.6 is 11.3 Å². The van der Waals surface area contributed by atoms with Gasteiger partial charge in [0.25, 0.3) is 0 Å². The summed E-state index contributed by atoms with van der Waals surface area (Å²) >= 11 is 1.77. The molecule has 2 heterocycles. The lowest BCUT2D eigenvalue weighted by Crippen LogP contribution is -1.94. The first kappa shape index (κ1) is 33.2. The molecule has 11 rings (SSSR count). The zero-order valence-electron chi connectivity index (χ0n) is 30.9. The van der Waals surface area contributed by atoms with Crippen LogP contribution in [0.15, 0.2) is 206 Å². The fourth-order valence-corrected chi connectivity index (χ4v) is 9.57. The van der Waals surface area contributed by atoms with Gasteiger partial charge in [-0.15, -0.1) is 11.3 Å². The van der Waals surface area contributed by atoms with Crippen molar-refractivity contribution in [2.45, 2.75) is 0 Å². The van der Waals surface area contributed by atoms with Crippen molar-refractivity contribution in [3.63, 3.8) is 0 Å². The molecule has 0 atom stereocenters. The van der Waals surface area contributed by atoms with Crippen molar-refractivity contribution in [1.29, 1.82) is 0 Å². The average Bonchev–Trinajstić information content (AvgIpc) is 3.70. The Morgan fingerprint density at radius 1 is 0.281 bits per heavy atom. The number of rotatable bonds is 6. The molecular formula is C54H34N2S. The zero-order chi connectivity index (χ0) is 37.7. The lowest BCUT2D eigenvalue weighted by molar-refractivity contribution is 1.24. The van der Waals surface area contributed by atoms with E-state index < -0.39 is 0 Å². The van der Waals surface area contributed by atoms with Crippen molar-refractivity contribution in [2.75, 3.05) is 0 Å². The molecule has 3 heteroatoms. The molecule has 0 aliphatic heterocycles. The van der Waals surface area contributed by atoms with Crippen molar-refractivity contribution in [3.05, 3.63) is 206 Å². The quantitative estimate of drug-likeness (QED) is 0.159. The molecule has 0 saturated heterocycles. The Bertz CT molecular complexity index is 3290. The van der Waals surface area contributed by atoms with Crippen LogP contribution < -0.4 is 0 Å². The van der Waals surface area contributed by atoms with Gasteiger partial charge < -0.3 is 0 Å². The highest BCUT2D eigenvalue weighted by atomic mass is 32.1. The Morgan fingerprint density at radius 2 is 0.667 bits per heavy atom. The summed E-state index contributed by atoms with van der Waals surface area (Å²) in [7, 11) is 0. The van der Waals surface area contributed by atoms with Gasteiger partial charge in [-0.25, -0.2) is 9.97 Å². The topological polar surface area (TPSA) is 25.8 Å². The molecular weight excluding hydrogens is 709 g/mol. The molecule has 9 aromatic carbocycles. The molecule has 11 aromatic rings. The zero-order valence-corrected chi connectivity index (χ0v) is 31.7. The maximum atomic E-state index is 5.55. The first-order valence-corrected chi connectivity index (χ1v) is 20.1. The van der Waals surface area contributed by atoms with Gasteiger partial charge in [0.05, 0.1) is 5.69 Å². The number of hydrogen-bond donors (Lipinski definition) is 0. The van der Waals surface area contributed by atoms with Crippen molar-refractivity contribution in [3.8, 4) is 67.2 Å². The van der Waals surface area contributed by atoms with E-state index in [-0.39, 0.29) is 0 Å². The average molecular weight is 743 g/mol. The third-order valence-corrected chi connectivity index (χ3v) is 12.2. The smallest absolute Gasteiger partial charge is 0.161 e. The number of benzene rings is 9. The number of thiophene rings is 1. The molecule has 0 aliphatic carbocycles. The minimum atomic E-state index is 0.718. The van der Waals surface area contributed by atoms with Crippen molar-refractivity contribution >= 4 is 53.2 Å². The van der Waals surface area contributed by atoms with Gasteiger partial charge in [-0.1, -0.05) is 182 Å². The molecule has 0 bridgehead atoms. The maximum Gasteiger partial charge on any atom is 0.161 e. The molecule has 266 valence electrons. The summed E-state index contributed by atoms with van der Waals surface area (Å²) < 4.78 is 1.24. The Labute approximate surface area is 335 Å². The lowest BCUT2D eigenvalue weighted by Gasteiger charge is -2.12. The normalized spacial score (nSPS) is 11.5. The van der Waals surface area contributed by atoms with Gasteiger partial charge in [-0.05, 0) is 84.9 Å². The minimum Gasteiger partial charge on any atom is -0.227 e. The summed E-state index contributed by atoms with van der Waals surface area (Å²) in [4.78, 5) is 11.9. The Hall–Kier alpha value is -7.20. The largest absolute Gasteiger partial charge is 0.227 e. The van der Waals surface area contributed by atoms with Crippen molar-refractivity contribution < 1.29 is 0 Å². The number of hydrogen-bond acceptors (Lipinski definition) is 3. The van der Waals surface area contributed by atoms with E-state index in [1.807, 2.05) is 0 Å². The van der Waals surface area contributed by atoms with Gasteiger partial charge in [0.1, 0.15) is 4.83 Å². The van der Waals surface area contributed by atoms with Gasteiger partial charge in [0.2, 0.25) is 0 Å². The number of fused-ring (bicyclic) bond motifs is 8. The first-order valence-electron chi connectivity index (χ1n) is 19.3. The molecule has 0 amide bonds. The van der Waals surface area contributed by atoms with Gasteiger partial charge in [0.15, 0.2) is 5.82 Å². The highest BCUT2D eigenvalue weighted by Gasteiger charge is 2.21. The minimum absolute atomic E-state index is 0.718. The second kappa shape index (κ2) is 13.8. The van der Waals surface area contributed by atoms with E-state index in [2.05, 4.69) is 206 Å². The third kappa shape index (κ3) is 5.88. The Morgan fingerprint density at radius 3 is 1.23 bits per heavy atom. The molecule has 0 unspecified atom stereocenters. The van der Waals surface area contributed by atoms with Crippen LogP contribution in [0.3, 0.4) is 0 Å². The van der Waals surface area contributed by atoms with E-state index >= 15 is 0 Å². The summed E-state index contributed by atoms with van der Waals surface area (Å²) in [6.07, 6.45) is 0. The predicted octanol–water partition coefficient (Wildman–Crippen LogP) is 15.2. The van der Waals surface area contributed by atoms with E-state index in [1.165, 1.54) is 59.4 Å². The Kier molecular flexibility index (Phi) is 8.04. The number of nitrogens with zero attached hydrogens (tertiary/aromatic N) is 2. The molecule has 2 aromatic heterocycles.